The highest BCUT2D eigenvalue weighted by atomic mass is 16.2. The molecule has 124 valence electrons. The van der Waals surface area contributed by atoms with Gasteiger partial charge in [-0.2, -0.15) is 0 Å². The maximum absolute atomic E-state index is 12.6. The van der Waals surface area contributed by atoms with Crippen molar-refractivity contribution in [2.75, 3.05) is 0 Å². The Morgan fingerprint density at radius 1 is 1.19 bits per heavy atom. The molecule has 1 saturated heterocycles. The lowest BCUT2D eigenvalue weighted by molar-refractivity contribution is -0.143. The van der Waals surface area contributed by atoms with Crippen molar-refractivity contribution in [3.8, 4) is 0 Å². The molecule has 0 aliphatic carbocycles. The van der Waals surface area contributed by atoms with Crippen LogP contribution in [0.3, 0.4) is 0 Å². The van der Waals surface area contributed by atoms with Crippen molar-refractivity contribution in [3.63, 3.8) is 0 Å². The second-order valence-electron chi connectivity index (χ2n) is 9.62. The number of nitrogens with zero attached hydrogens (tertiary/aromatic N) is 1. The molecule has 0 aromatic rings. The van der Waals surface area contributed by atoms with E-state index in [1.54, 1.807) is 0 Å². The van der Waals surface area contributed by atoms with Crippen molar-refractivity contribution >= 4 is 5.91 Å². The average molecular weight is 296 g/mol. The molecule has 1 aliphatic heterocycles. The van der Waals surface area contributed by atoms with Gasteiger partial charge in [-0.25, -0.2) is 0 Å². The third kappa shape index (κ3) is 4.47. The van der Waals surface area contributed by atoms with E-state index in [-0.39, 0.29) is 11.0 Å². The van der Waals surface area contributed by atoms with Crippen LogP contribution in [0.1, 0.15) is 88.0 Å². The molecule has 0 aromatic carbocycles. The van der Waals surface area contributed by atoms with Crippen LogP contribution in [0.15, 0.2) is 0 Å². The van der Waals surface area contributed by atoms with E-state index in [0.29, 0.717) is 29.7 Å². The summed E-state index contributed by atoms with van der Waals surface area (Å²) in [6.45, 7) is 20.5. The molecule has 0 N–H and O–H groups in total. The minimum atomic E-state index is -0.0567. The smallest absolute Gasteiger partial charge is 0.222 e. The number of likely N-dealkylation sites (tertiary alicyclic amines) is 1. The second kappa shape index (κ2) is 5.93. The first-order chi connectivity index (χ1) is 9.30. The van der Waals surface area contributed by atoms with Crippen LogP contribution in [0.4, 0.5) is 0 Å². The predicted octanol–water partition coefficient (Wildman–Crippen LogP) is 5.26. The Hall–Kier alpha value is -0.530. The van der Waals surface area contributed by atoms with Gasteiger partial charge in [-0.15, -0.1) is 0 Å². The van der Waals surface area contributed by atoms with E-state index in [9.17, 15) is 4.79 Å². The summed E-state index contributed by atoms with van der Waals surface area (Å²) in [7, 11) is 0. The summed E-state index contributed by atoms with van der Waals surface area (Å²) < 4.78 is 0. The minimum absolute atomic E-state index is 0.0567. The molecule has 0 saturated carbocycles. The molecule has 2 heteroatoms. The Labute approximate surface area is 132 Å². The predicted molar refractivity (Wildman–Crippen MR) is 91.3 cm³/mol. The van der Waals surface area contributed by atoms with Gasteiger partial charge >= 0.3 is 0 Å². The molecule has 1 rings (SSSR count). The lowest BCUT2D eigenvalue weighted by atomic mass is 9.64. The first-order valence-corrected chi connectivity index (χ1v) is 8.62. The number of carbonyl (C=O) groups is 1. The van der Waals surface area contributed by atoms with E-state index in [4.69, 9.17) is 0 Å². The van der Waals surface area contributed by atoms with E-state index in [1.165, 1.54) is 6.42 Å². The number of hydrogen-bond acceptors (Lipinski definition) is 1. The molecule has 2 unspecified atom stereocenters. The van der Waals surface area contributed by atoms with E-state index in [2.05, 4.69) is 60.3 Å². The summed E-state index contributed by atoms with van der Waals surface area (Å²) in [5.41, 5.74) is 0.515. The van der Waals surface area contributed by atoms with E-state index in [1.807, 2.05) is 6.92 Å². The van der Waals surface area contributed by atoms with Gasteiger partial charge in [0.2, 0.25) is 5.91 Å². The molecule has 21 heavy (non-hydrogen) atoms. The van der Waals surface area contributed by atoms with Crippen LogP contribution < -0.4 is 0 Å². The van der Waals surface area contributed by atoms with Gasteiger partial charge in [0.1, 0.15) is 0 Å². The van der Waals surface area contributed by atoms with Gasteiger partial charge in [-0.05, 0) is 56.8 Å². The van der Waals surface area contributed by atoms with E-state index < -0.39 is 0 Å². The van der Waals surface area contributed by atoms with Gasteiger partial charge < -0.3 is 4.90 Å². The highest BCUT2D eigenvalue weighted by Crippen LogP contribution is 2.46. The largest absolute Gasteiger partial charge is 0.335 e. The maximum atomic E-state index is 12.6. The van der Waals surface area contributed by atoms with Crippen LogP contribution in [-0.2, 0) is 4.79 Å². The molecule has 1 fully saturated rings. The molecule has 0 bridgehead atoms. The van der Waals surface area contributed by atoms with Gasteiger partial charge in [0.15, 0.2) is 0 Å². The van der Waals surface area contributed by atoms with Crippen LogP contribution in [0.2, 0.25) is 0 Å². The van der Waals surface area contributed by atoms with Crippen molar-refractivity contribution < 1.29 is 4.79 Å². The maximum Gasteiger partial charge on any atom is 0.222 e. The van der Waals surface area contributed by atoms with Crippen molar-refractivity contribution in [1.82, 2.24) is 4.90 Å². The zero-order chi connectivity index (χ0) is 16.6. The van der Waals surface area contributed by atoms with Crippen LogP contribution in [0.25, 0.3) is 0 Å². The van der Waals surface area contributed by atoms with Gasteiger partial charge in [-0.1, -0.05) is 41.5 Å². The quantitative estimate of drug-likeness (QED) is 0.645. The lowest BCUT2D eigenvalue weighted by Gasteiger charge is -2.52. The van der Waals surface area contributed by atoms with Gasteiger partial charge in [0.05, 0.1) is 0 Å². The highest BCUT2D eigenvalue weighted by molar-refractivity contribution is 5.77. The molecule has 2 nitrogen and oxygen atoms in total. The third-order valence-electron chi connectivity index (χ3n) is 5.22. The summed E-state index contributed by atoms with van der Waals surface area (Å²) in [6, 6.07) is 0.327. The molecule has 0 aromatic heterocycles. The Morgan fingerprint density at radius 2 is 1.71 bits per heavy atom. The van der Waals surface area contributed by atoms with Crippen LogP contribution in [-0.4, -0.2) is 22.4 Å². The summed E-state index contributed by atoms with van der Waals surface area (Å²) in [4.78, 5) is 14.7. The van der Waals surface area contributed by atoms with Crippen molar-refractivity contribution in [1.29, 1.82) is 0 Å². The van der Waals surface area contributed by atoms with Crippen LogP contribution >= 0.6 is 0 Å². The Kier molecular flexibility index (Phi) is 5.23. The molecular weight excluding hydrogens is 258 g/mol. The first-order valence-electron chi connectivity index (χ1n) is 8.62. The molecule has 0 radical (unpaired) electrons. The van der Waals surface area contributed by atoms with Gasteiger partial charge in [-0.3, -0.25) is 4.79 Å². The Bertz CT molecular complexity index is 376. The summed E-state index contributed by atoms with van der Waals surface area (Å²) in [6.07, 6.45) is 4.04. The van der Waals surface area contributed by atoms with Crippen molar-refractivity contribution in [3.05, 3.63) is 0 Å². The highest BCUT2D eigenvalue weighted by Gasteiger charge is 2.44. The summed E-state index contributed by atoms with van der Waals surface area (Å²) in [5.74, 6) is 0.962. The number of rotatable bonds is 1. The molecule has 1 amide bonds. The molecule has 0 spiro atoms. The SMILES string of the molecule is CCC(=O)N1C(C)CC(C(C)(C)C)CC(C)(C)CC1(C)C. The first kappa shape index (κ1) is 18.5. The zero-order valence-electron chi connectivity index (χ0n) is 15.8. The molecule has 1 heterocycles. The van der Waals surface area contributed by atoms with Gasteiger partial charge in [0, 0.05) is 18.0 Å². The normalized spacial score (nSPS) is 29.7. The summed E-state index contributed by atoms with van der Waals surface area (Å²) in [5, 5.41) is 0. The zero-order valence-corrected chi connectivity index (χ0v) is 15.8. The third-order valence-corrected chi connectivity index (χ3v) is 5.22. The number of hydrogen-bond donors (Lipinski definition) is 0. The van der Waals surface area contributed by atoms with E-state index >= 15 is 0 Å². The second-order valence-corrected chi connectivity index (χ2v) is 9.62. The summed E-state index contributed by atoms with van der Waals surface area (Å²) >= 11 is 0. The van der Waals surface area contributed by atoms with E-state index in [0.717, 1.165) is 12.8 Å². The van der Waals surface area contributed by atoms with Gasteiger partial charge in [0.25, 0.3) is 0 Å². The number of carbonyl (C=O) groups excluding carboxylic acids is 1. The lowest BCUT2D eigenvalue weighted by Crippen LogP contribution is -2.56. The van der Waals surface area contributed by atoms with Crippen LogP contribution in [0.5, 0.6) is 0 Å². The Morgan fingerprint density at radius 3 is 2.14 bits per heavy atom. The van der Waals surface area contributed by atoms with Crippen molar-refractivity contribution in [2.45, 2.75) is 99.6 Å². The number of amides is 1. The monoisotopic (exact) mass is 295 g/mol. The Balaban J connectivity index is 3.20. The minimum Gasteiger partial charge on any atom is -0.335 e. The fraction of sp³-hybridized carbons (Fsp3) is 0.947. The average Bonchev–Trinajstić information content (AvgIpc) is 2.22. The fourth-order valence-electron chi connectivity index (χ4n) is 4.61. The fourth-order valence-corrected chi connectivity index (χ4v) is 4.61. The topological polar surface area (TPSA) is 20.3 Å². The molecule has 2 atom stereocenters. The van der Waals surface area contributed by atoms with Crippen LogP contribution in [0, 0.1) is 16.7 Å². The molecule has 1 aliphatic rings. The standard InChI is InChI=1S/C19H37NO/c1-10-16(21)20-14(2)11-15(17(3,4)5)12-18(6,7)13-19(20,8)9/h14-15H,10-13H2,1-9H3. The molecular formula is C19H37NO. The van der Waals surface area contributed by atoms with Crippen molar-refractivity contribution in [2.24, 2.45) is 16.7 Å².